The number of thioether (sulfide) groups is 1. The maximum Gasteiger partial charge on any atom is 0.262 e. The van der Waals surface area contributed by atoms with Crippen LogP contribution < -0.4 is 10.9 Å². The summed E-state index contributed by atoms with van der Waals surface area (Å²) in [6, 6.07) is 13.4. The van der Waals surface area contributed by atoms with Gasteiger partial charge in [-0.2, -0.15) is 0 Å². The van der Waals surface area contributed by atoms with E-state index in [0.717, 1.165) is 18.4 Å². The number of carbonyl (C=O) groups excluding carboxylic acids is 1. The quantitative estimate of drug-likeness (QED) is 0.370. The zero-order valence-electron chi connectivity index (χ0n) is 18.1. The second-order valence-corrected chi connectivity index (χ2v) is 9.47. The van der Waals surface area contributed by atoms with Crippen LogP contribution in [0.15, 0.2) is 52.4 Å². The summed E-state index contributed by atoms with van der Waals surface area (Å²) >= 11 is 7.35. The number of aryl methyl sites for hydroxylation is 1. The van der Waals surface area contributed by atoms with Gasteiger partial charge in [0, 0.05) is 12.1 Å². The molecule has 2 aromatic carbocycles. The smallest absolute Gasteiger partial charge is 0.262 e. The van der Waals surface area contributed by atoms with Crippen molar-refractivity contribution in [2.75, 3.05) is 19.5 Å². The summed E-state index contributed by atoms with van der Waals surface area (Å²) in [4.78, 5) is 30.5. The van der Waals surface area contributed by atoms with Crippen molar-refractivity contribution < 1.29 is 9.53 Å². The van der Waals surface area contributed by atoms with Gasteiger partial charge in [-0.15, -0.1) is 0 Å². The van der Waals surface area contributed by atoms with Crippen LogP contribution in [0, 0.1) is 12.8 Å². The van der Waals surface area contributed by atoms with Crippen LogP contribution in [0.1, 0.15) is 30.0 Å². The SMILES string of the molecule is COCCn1c(SCC(=O)NC(c2ccc(C)cc2)C2CC2)nc2cc(Cl)ccc2c1=O. The maximum atomic E-state index is 13.0. The molecule has 0 radical (unpaired) electrons. The number of ether oxygens (including phenoxy) is 1. The summed E-state index contributed by atoms with van der Waals surface area (Å²) in [5.41, 5.74) is 2.69. The van der Waals surface area contributed by atoms with Gasteiger partial charge in [0.15, 0.2) is 5.16 Å². The van der Waals surface area contributed by atoms with E-state index in [1.54, 1.807) is 29.9 Å². The molecule has 0 aliphatic heterocycles. The van der Waals surface area contributed by atoms with Gasteiger partial charge in [-0.05, 0) is 49.4 Å². The number of hydrogen-bond acceptors (Lipinski definition) is 5. The van der Waals surface area contributed by atoms with Crippen molar-refractivity contribution in [2.24, 2.45) is 5.92 Å². The average Bonchev–Trinajstić information content (AvgIpc) is 3.61. The van der Waals surface area contributed by atoms with Gasteiger partial charge in [-0.25, -0.2) is 4.98 Å². The van der Waals surface area contributed by atoms with Crippen molar-refractivity contribution in [1.29, 1.82) is 0 Å². The lowest BCUT2D eigenvalue weighted by atomic mass is 10.0. The first kappa shape index (κ1) is 22.8. The van der Waals surface area contributed by atoms with Gasteiger partial charge in [-0.1, -0.05) is 53.2 Å². The molecule has 1 unspecified atom stereocenters. The van der Waals surface area contributed by atoms with Gasteiger partial charge >= 0.3 is 0 Å². The fraction of sp³-hybridized carbons (Fsp3) is 0.375. The number of aromatic nitrogens is 2. The Morgan fingerprint density at radius 3 is 2.72 bits per heavy atom. The molecule has 1 aromatic heterocycles. The molecule has 1 heterocycles. The van der Waals surface area contributed by atoms with E-state index in [4.69, 9.17) is 16.3 Å². The molecule has 1 fully saturated rings. The molecular weight excluding hydrogens is 446 g/mol. The van der Waals surface area contributed by atoms with Gasteiger partial charge in [0.1, 0.15) is 0 Å². The molecule has 0 bridgehead atoms. The van der Waals surface area contributed by atoms with Gasteiger partial charge in [-0.3, -0.25) is 14.2 Å². The standard InChI is InChI=1S/C24H26ClN3O3S/c1-15-3-5-16(6-4-15)22(17-7-8-17)27-21(29)14-32-24-26-20-13-18(25)9-10-19(20)23(30)28(24)11-12-31-2/h3-6,9-10,13,17,22H,7-8,11-12,14H2,1-2H3,(H,27,29). The number of halogens is 1. The summed E-state index contributed by atoms with van der Waals surface area (Å²) in [5.74, 6) is 0.569. The van der Waals surface area contributed by atoms with Crippen molar-refractivity contribution in [3.05, 3.63) is 69.0 Å². The van der Waals surface area contributed by atoms with E-state index in [1.165, 1.54) is 17.3 Å². The van der Waals surface area contributed by atoms with Crippen molar-refractivity contribution >= 4 is 40.2 Å². The number of benzene rings is 2. The van der Waals surface area contributed by atoms with Crippen LogP contribution in [0.3, 0.4) is 0 Å². The molecule has 1 atom stereocenters. The lowest BCUT2D eigenvalue weighted by Crippen LogP contribution is -2.32. The molecule has 1 N–H and O–H groups in total. The van der Waals surface area contributed by atoms with Crippen LogP contribution in [-0.2, 0) is 16.1 Å². The Bertz CT molecular complexity index is 1180. The van der Waals surface area contributed by atoms with Crippen LogP contribution in [0.2, 0.25) is 5.02 Å². The molecule has 1 saturated carbocycles. The first-order valence-electron chi connectivity index (χ1n) is 10.6. The number of amides is 1. The van der Waals surface area contributed by atoms with Crippen molar-refractivity contribution in [3.8, 4) is 0 Å². The largest absolute Gasteiger partial charge is 0.383 e. The van der Waals surface area contributed by atoms with E-state index in [9.17, 15) is 9.59 Å². The molecule has 4 rings (SSSR count). The zero-order valence-corrected chi connectivity index (χ0v) is 19.7. The number of carbonyl (C=O) groups is 1. The molecule has 1 amide bonds. The van der Waals surface area contributed by atoms with E-state index in [0.29, 0.717) is 40.2 Å². The van der Waals surface area contributed by atoms with E-state index >= 15 is 0 Å². The van der Waals surface area contributed by atoms with Crippen LogP contribution in [0.4, 0.5) is 0 Å². The van der Waals surface area contributed by atoms with Crippen molar-refractivity contribution in [1.82, 2.24) is 14.9 Å². The van der Waals surface area contributed by atoms with Crippen LogP contribution >= 0.6 is 23.4 Å². The predicted octanol–water partition coefficient (Wildman–Crippen LogP) is 4.36. The third-order valence-electron chi connectivity index (χ3n) is 5.58. The number of nitrogens with zero attached hydrogens (tertiary/aromatic N) is 2. The van der Waals surface area contributed by atoms with Gasteiger partial charge in [0.05, 0.1) is 35.8 Å². The summed E-state index contributed by atoms with van der Waals surface area (Å²) in [5, 5.41) is 4.67. The van der Waals surface area contributed by atoms with E-state index in [1.807, 2.05) is 0 Å². The Kier molecular flexibility index (Phi) is 7.18. The summed E-state index contributed by atoms with van der Waals surface area (Å²) in [6.45, 7) is 2.79. The van der Waals surface area contributed by atoms with Gasteiger partial charge in [0.2, 0.25) is 5.91 Å². The summed E-state index contributed by atoms with van der Waals surface area (Å²) < 4.78 is 6.72. The van der Waals surface area contributed by atoms with E-state index in [2.05, 4.69) is 41.5 Å². The van der Waals surface area contributed by atoms with Gasteiger partial charge in [0.25, 0.3) is 5.56 Å². The molecule has 8 heteroatoms. The Morgan fingerprint density at radius 1 is 1.28 bits per heavy atom. The van der Waals surface area contributed by atoms with E-state index in [-0.39, 0.29) is 23.3 Å². The molecule has 1 aliphatic rings. The lowest BCUT2D eigenvalue weighted by molar-refractivity contribution is -0.119. The number of methoxy groups -OCH3 is 1. The fourth-order valence-electron chi connectivity index (χ4n) is 3.69. The third kappa shape index (κ3) is 5.34. The van der Waals surface area contributed by atoms with Crippen molar-refractivity contribution in [2.45, 2.75) is 37.5 Å². The predicted molar refractivity (Wildman–Crippen MR) is 128 cm³/mol. The summed E-state index contributed by atoms with van der Waals surface area (Å²) in [6.07, 6.45) is 2.24. The molecule has 0 spiro atoms. The van der Waals surface area contributed by atoms with E-state index < -0.39 is 0 Å². The lowest BCUT2D eigenvalue weighted by Gasteiger charge is -2.19. The maximum absolute atomic E-state index is 13.0. The monoisotopic (exact) mass is 471 g/mol. The minimum atomic E-state index is -0.165. The number of hydrogen-bond donors (Lipinski definition) is 1. The normalized spacial score (nSPS) is 14.5. The second-order valence-electron chi connectivity index (χ2n) is 8.09. The highest BCUT2D eigenvalue weighted by Gasteiger charge is 2.33. The first-order chi connectivity index (χ1) is 15.5. The van der Waals surface area contributed by atoms with Crippen molar-refractivity contribution in [3.63, 3.8) is 0 Å². The number of fused-ring (bicyclic) bond motifs is 1. The number of rotatable bonds is 9. The summed E-state index contributed by atoms with van der Waals surface area (Å²) in [7, 11) is 1.59. The third-order valence-corrected chi connectivity index (χ3v) is 6.79. The molecule has 32 heavy (non-hydrogen) atoms. The number of nitrogens with one attached hydrogen (secondary N) is 1. The molecule has 3 aromatic rings. The molecular formula is C24H26ClN3O3S. The highest BCUT2D eigenvalue weighted by atomic mass is 35.5. The fourth-order valence-corrected chi connectivity index (χ4v) is 4.69. The molecule has 168 valence electrons. The highest BCUT2D eigenvalue weighted by Crippen LogP contribution is 2.41. The van der Waals surface area contributed by atoms with Crippen LogP contribution in [0.5, 0.6) is 0 Å². The van der Waals surface area contributed by atoms with Crippen LogP contribution in [0.25, 0.3) is 10.9 Å². The molecule has 6 nitrogen and oxygen atoms in total. The van der Waals surface area contributed by atoms with Gasteiger partial charge < -0.3 is 10.1 Å². The molecule has 0 saturated heterocycles. The minimum Gasteiger partial charge on any atom is -0.383 e. The minimum absolute atomic E-state index is 0.0164. The second kappa shape index (κ2) is 10.1. The van der Waals surface area contributed by atoms with Crippen LogP contribution in [-0.4, -0.2) is 34.9 Å². The Balaban J connectivity index is 1.52. The zero-order chi connectivity index (χ0) is 22.7. The Hall–Kier alpha value is -2.35. The Morgan fingerprint density at radius 2 is 2.03 bits per heavy atom. The average molecular weight is 472 g/mol. The highest BCUT2D eigenvalue weighted by molar-refractivity contribution is 7.99. The Labute approximate surface area is 196 Å². The first-order valence-corrected chi connectivity index (χ1v) is 12.0. The molecule has 1 aliphatic carbocycles. The topological polar surface area (TPSA) is 73.2 Å².